The molecule has 0 fully saturated rings. The average molecular weight is 444 g/mol. The van der Waals surface area contributed by atoms with Gasteiger partial charge in [0.25, 0.3) is 0 Å². The predicted octanol–water partition coefficient (Wildman–Crippen LogP) is 3.92. The molecule has 5 rings (SSSR count). The van der Waals surface area contributed by atoms with E-state index in [4.69, 9.17) is 18.4 Å². The van der Waals surface area contributed by atoms with Gasteiger partial charge in [-0.1, -0.05) is 12.1 Å². The van der Waals surface area contributed by atoms with Gasteiger partial charge in [0.05, 0.1) is 17.9 Å². The molecule has 0 aliphatic heterocycles. The van der Waals surface area contributed by atoms with Crippen LogP contribution in [0.25, 0.3) is 39.5 Å². The lowest BCUT2D eigenvalue weighted by Crippen LogP contribution is -2.02. The minimum Gasteiger partial charge on any atom is -0.446 e. The fraction of sp³-hybridized carbons (Fsp3) is 0.0833. The van der Waals surface area contributed by atoms with E-state index in [1.54, 1.807) is 24.4 Å². The van der Waals surface area contributed by atoms with E-state index < -0.39 is 6.81 Å². The standard InChI is InChI=1S/C24H19FN6O2/c25-14-33-21-10-5-16(12-28-21)19-8-9-20-24(29-19)31(17-6-3-15(13-32)4-7-17)23(30-20)18-2-1-11-27-22(18)26/h1-12,32H,13-14H2,(H2,26,27)/i14D2. The smallest absolute Gasteiger partial charge is 0.230 e. The molecule has 0 bridgehead atoms. The molecule has 5 aromatic rings. The lowest BCUT2D eigenvalue weighted by Gasteiger charge is -2.11. The maximum atomic E-state index is 13.1. The lowest BCUT2D eigenvalue weighted by molar-refractivity contribution is 0.185. The summed E-state index contributed by atoms with van der Waals surface area (Å²) < 4.78 is 33.3. The molecule has 0 amide bonds. The summed E-state index contributed by atoms with van der Waals surface area (Å²) in [6, 6.07) is 17.5. The Balaban J connectivity index is 1.66. The number of nitrogens with two attached hydrogens (primary N) is 1. The van der Waals surface area contributed by atoms with Crippen molar-refractivity contribution in [3.8, 4) is 34.2 Å². The van der Waals surface area contributed by atoms with E-state index in [-0.39, 0.29) is 12.5 Å². The van der Waals surface area contributed by atoms with Gasteiger partial charge in [-0.15, -0.1) is 0 Å². The van der Waals surface area contributed by atoms with Crippen molar-refractivity contribution in [2.75, 3.05) is 12.5 Å². The SMILES string of the molecule is [2H]C([2H])(F)Oc1ccc(-c2ccc3nc(-c4cccnc4N)n(-c4ccc(CO)cc4)c3n2)cn1. The van der Waals surface area contributed by atoms with E-state index in [9.17, 15) is 9.50 Å². The van der Waals surface area contributed by atoms with Gasteiger partial charge in [-0.3, -0.25) is 4.57 Å². The van der Waals surface area contributed by atoms with Crippen LogP contribution in [0, 0.1) is 0 Å². The van der Waals surface area contributed by atoms with Crippen LogP contribution in [0.2, 0.25) is 0 Å². The van der Waals surface area contributed by atoms with Crippen LogP contribution >= 0.6 is 0 Å². The van der Waals surface area contributed by atoms with E-state index in [2.05, 4.69) is 14.7 Å². The van der Waals surface area contributed by atoms with E-state index in [1.165, 1.54) is 12.3 Å². The van der Waals surface area contributed by atoms with Crippen molar-refractivity contribution < 1.29 is 17.0 Å². The number of fused-ring (bicyclic) bond motifs is 1. The fourth-order valence-corrected chi connectivity index (χ4v) is 3.53. The first-order valence-corrected chi connectivity index (χ1v) is 9.97. The number of aliphatic hydroxyl groups excluding tert-OH is 1. The number of hydrogen-bond donors (Lipinski definition) is 2. The Labute approximate surface area is 191 Å². The number of pyridine rings is 3. The summed E-state index contributed by atoms with van der Waals surface area (Å²) in [4.78, 5) is 17.7. The molecule has 0 saturated heterocycles. The molecule has 9 heteroatoms. The Bertz CT molecular complexity index is 1500. The van der Waals surface area contributed by atoms with Gasteiger partial charge < -0.3 is 15.6 Å². The molecule has 4 heterocycles. The summed E-state index contributed by atoms with van der Waals surface area (Å²) in [5.74, 6) is 0.688. The maximum absolute atomic E-state index is 13.1. The minimum atomic E-state index is -3.33. The van der Waals surface area contributed by atoms with Crippen LogP contribution in [0.4, 0.5) is 10.2 Å². The van der Waals surface area contributed by atoms with E-state index in [1.807, 2.05) is 41.0 Å². The number of aromatic nitrogens is 5. The van der Waals surface area contributed by atoms with Gasteiger partial charge in [0.15, 0.2) is 11.5 Å². The van der Waals surface area contributed by atoms with Crippen LogP contribution in [0.5, 0.6) is 5.88 Å². The highest BCUT2D eigenvalue weighted by Crippen LogP contribution is 2.31. The third-order valence-corrected chi connectivity index (χ3v) is 5.14. The van der Waals surface area contributed by atoms with Crippen LogP contribution in [-0.2, 0) is 6.61 Å². The second-order valence-corrected chi connectivity index (χ2v) is 7.14. The Morgan fingerprint density at radius 1 is 1.03 bits per heavy atom. The number of anilines is 1. The Morgan fingerprint density at radius 3 is 2.58 bits per heavy atom. The third kappa shape index (κ3) is 3.85. The highest BCUT2D eigenvalue weighted by molar-refractivity contribution is 5.84. The van der Waals surface area contributed by atoms with Crippen molar-refractivity contribution >= 4 is 17.0 Å². The van der Waals surface area contributed by atoms with Crippen molar-refractivity contribution in [3.63, 3.8) is 0 Å². The largest absolute Gasteiger partial charge is 0.446 e. The van der Waals surface area contributed by atoms with Crippen LogP contribution in [0.3, 0.4) is 0 Å². The summed E-state index contributed by atoms with van der Waals surface area (Å²) in [7, 11) is 0. The summed E-state index contributed by atoms with van der Waals surface area (Å²) in [5.41, 5.74) is 10.7. The second-order valence-electron chi connectivity index (χ2n) is 7.14. The van der Waals surface area contributed by atoms with E-state index in [0.29, 0.717) is 39.6 Å². The summed E-state index contributed by atoms with van der Waals surface area (Å²) in [5, 5.41) is 9.43. The van der Waals surface area contributed by atoms with E-state index >= 15 is 0 Å². The quantitative estimate of drug-likeness (QED) is 0.408. The zero-order valence-corrected chi connectivity index (χ0v) is 17.2. The third-order valence-electron chi connectivity index (χ3n) is 5.14. The number of aliphatic hydroxyl groups is 1. The monoisotopic (exact) mass is 444 g/mol. The summed E-state index contributed by atoms with van der Waals surface area (Å²) in [6.45, 7) is -3.40. The van der Waals surface area contributed by atoms with Gasteiger partial charge in [-0.25, -0.2) is 24.3 Å². The van der Waals surface area contributed by atoms with Crippen LogP contribution in [0.15, 0.2) is 73.1 Å². The normalized spacial score (nSPS) is 12.4. The molecular weight excluding hydrogens is 423 g/mol. The Hall–Kier alpha value is -4.37. The number of imidazole rings is 1. The number of halogens is 1. The molecule has 8 nitrogen and oxygen atoms in total. The molecule has 33 heavy (non-hydrogen) atoms. The molecule has 1 aromatic carbocycles. The molecule has 0 atom stereocenters. The minimum absolute atomic E-state index is 0.0769. The zero-order valence-electron chi connectivity index (χ0n) is 19.2. The second kappa shape index (κ2) is 8.64. The molecular formula is C24H19FN6O2. The van der Waals surface area contributed by atoms with E-state index in [0.717, 1.165) is 11.3 Å². The number of hydrogen-bond acceptors (Lipinski definition) is 7. The predicted molar refractivity (Wildman–Crippen MR) is 122 cm³/mol. The zero-order chi connectivity index (χ0) is 24.6. The van der Waals surface area contributed by atoms with Gasteiger partial charge in [-0.05, 0) is 48.0 Å². The molecule has 3 N–H and O–H groups in total. The number of benzene rings is 1. The van der Waals surface area contributed by atoms with Gasteiger partial charge in [-0.2, -0.15) is 0 Å². The summed E-state index contributed by atoms with van der Waals surface area (Å²) >= 11 is 0. The number of nitrogen functional groups attached to an aromatic ring is 1. The van der Waals surface area contributed by atoms with Gasteiger partial charge in [0.2, 0.25) is 12.7 Å². The molecule has 164 valence electrons. The molecule has 0 spiro atoms. The topological polar surface area (TPSA) is 112 Å². The fourth-order valence-electron chi connectivity index (χ4n) is 3.53. The molecule has 4 aromatic heterocycles. The molecule has 0 aliphatic rings. The number of ether oxygens (including phenoxy) is 1. The van der Waals surface area contributed by atoms with Gasteiger partial charge >= 0.3 is 0 Å². The van der Waals surface area contributed by atoms with Crippen molar-refractivity contribution in [2.24, 2.45) is 0 Å². The lowest BCUT2D eigenvalue weighted by atomic mass is 10.2. The first-order chi connectivity index (χ1) is 16.8. The van der Waals surface area contributed by atoms with Gasteiger partial charge in [0, 0.05) is 29.7 Å². The number of alkyl halides is 1. The van der Waals surface area contributed by atoms with Crippen LogP contribution in [-0.4, -0.2) is 36.4 Å². The van der Waals surface area contributed by atoms with Crippen LogP contribution < -0.4 is 10.5 Å². The van der Waals surface area contributed by atoms with Crippen molar-refractivity contribution in [2.45, 2.75) is 6.61 Å². The highest BCUT2D eigenvalue weighted by atomic mass is 19.1. The molecule has 0 saturated carbocycles. The maximum Gasteiger partial charge on any atom is 0.230 e. The van der Waals surface area contributed by atoms with Gasteiger partial charge in [0.1, 0.15) is 14.1 Å². The number of rotatable bonds is 6. The Kier molecular flexibility index (Phi) is 4.77. The molecule has 0 aliphatic carbocycles. The van der Waals surface area contributed by atoms with Crippen molar-refractivity contribution in [1.29, 1.82) is 0 Å². The Morgan fingerprint density at radius 2 is 1.88 bits per heavy atom. The van der Waals surface area contributed by atoms with Crippen molar-refractivity contribution in [3.05, 3.63) is 78.6 Å². The number of nitrogens with zero attached hydrogens (tertiary/aromatic N) is 5. The van der Waals surface area contributed by atoms with Crippen molar-refractivity contribution in [1.82, 2.24) is 24.5 Å². The first-order valence-electron chi connectivity index (χ1n) is 11.0. The molecule has 0 unspecified atom stereocenters. The highest BCUT2D eigenvalue weighted by Gasteiger charge is 2.18. The average Bonchev–Trinajstić information content (AvgIpc) is 3.22. The molecule has 0 radical (unpaired) electrons. The van der Waals surface area contributed by atoms with Crippen LogP contribution in [0.1, 0.15) is 8.30 Å². The summed E-state index contributed by atoms with van der Waals surface area (Å²) in [6.07, 6.45) is 3.03. The first kappa shape index (κ1) is 18.2.